The highest BCUT2D eigenvalue weighted by atomic mass is 19.1. The smallest absolute Gasteiger partial charge is 0.338 e. The molecule has 0 radical (unpaired) electrons. The molecule has 0 spiro atoms. The van der Waals surface area contributed by atoms with E-state index in [9.17, 15) is 19.1 Å². The van der Waals surface area contributed by atoms with Gasteiger partial charge in [0.15, 0.2) is 5.82 Å². The summed E-state index contributed by atoms with van der Waals surface area (Å²) in [5, 5.41) is 12.8. The number of halogens is 1. The molecule has 2 aromatic rings. The van der Waals surface area contributed by atoms with Crippen molar-refractivity contribution in [2.75, 3.05) is 10.2 Å². The molecule has 1 amide bonds. The van der Waals surface area contributed by atoms with Gasteiger partial charge in [0, 0.05) is 18.7 Å². The Balaban J connectivity index is 2.13. The minimum Gasteiger partial charge on any atom is -0.478 e. The van der Waals surface area contributed by atoms with Crippen LogP contribution in [-0.2, 0) is 4.79 Å². The highest BCUT2D eigenvalue weighted by molar-refractivity contribution is 5.99. The number of hydrogen-bond acceptors (Lipinski definition) is 5. The third kappa shape index (κ3) is 3.17. The van der Waals surface area contributed by atoms with Crippen molar-refractivity contribution < 1.29 is 19.1 Å². The Bertz CT molecular complexity index is 841. The van der Waals surface area contributed by atoms with Crippen LogP contribution in [0.1, 0.15) is 41.9 Å². The van der Waals surface area contributed by atoms with Gasteiger partial charge in [0.05, 0.1) is 11.3 Å². The van der Waals surface area contributed by atoms with Gasteiger partial charge in [-0.2, -0.15) is 0 Å². The molecule has 0 fully saturated rings. The lowest BCUT2D eigenvalue weighted by Crippen LogP contribution is -2.40. The minimum atomic E-state index is -1.09. The highest BCUT2D eigenvalue weighted by Crippen LogP contribution is 2.44. The summed E-state index contributed by atoms with van der Waals surface area (Å²) in [6, 6.07) is 6.97. The van der Waals surface area contributed by atoms with Crippen LogP contribution in [0.4, 0.5) is 15.9 Å². The maximum atomic E-state index is 13.3. The largest absolute Gasteiger partial charge is 0.478 e. The standard InChI is InChI=1S/C18H19FN4O3/c1-2-12(9-14(20)24)23-15-13(18(25)26)7-8-21-16(15)22-17(23)10-3-5-11(19)6-4-10/h3-8,12,17H,2,9H2,1H3,(H2,20,24)(H,21,22)(H,25,26). The number of fused-ring (bicyclic) bond motifs is 1. The number of nitrogens with two attached hydrogens (primary N) is 1. The Morgan fingerprint density at radius 2 is 2.04 bits per heavy atom. The second-order valence-corrected chi connectivity index (χ2v) is 6.10. The Morgan fingerprint density at radius 1 is 1.35 bits per heavy atom. The van der Waals surface area contributed by atoms with Gasteiger partial charge in [-0.1, -0.05) is 19.1 Å². The summed E-state index contributed by atoms with van der Waals surface area (Å²) in [5.41, 5.74) is 6.60. The van der Waals surface area contributed by atoms with Crippen molar-refractivity contribution in [3.63, 3.8) is 0 Å². The van der Waals surface area contributed by atoms with E-state index in [0.29, 0.717) is 17.9 Å². The van der Waals surface area contributed by atoms with Crippen LogP contribution >= 0.6 is 0 Å². The lowest BCUT2D eigenvalue weighted by Gasteiger charge is -2.34. The molecule has 136 valence electrons. The molecular formula is C18H19FN4O3. The number of aromatic carboxylic acids is 1. The SMILES string of the molecule is CCC(CC(N)=O)N1c2c(C(=O)O)ccnc2NC1c1ccc(F)cc1. The van der Waals surface area contributed by atoms with E-state index in [0.717, 1.165) is 5.56 Å². The molecule has 0 saturated heterocycles. The average molecular weight is 358 g/mol. The normalized spacial score (nSPS) is 16.7. The molecule has 1 aliphatic heterocycles. The van der Waals surface area contributed by atoms with Gasteiger partial charge in [-0.3, -0.25) is 4.79 Å². The third-order valence-electron chi connectivity index (χ3n) is 4.45. The van der Waals surface area contributed by atoms with Gasteiger partial charge in [0.2, 0.25) is 5.91 Å². The molecule has 3 rings (SSSR count). The monoisotopic (exact) mass is 358 g/mol. The fourth-order valence-electron chi connectivity index (χ4n) is 3.28. The molecule has 2 heterocycles. The van der Waals surface area contributed by atoms with E-state index < -0.39 is 18.0 Å². The fourth-order valence-corrected chi connectivity index (χ4v) is 3.28. The highest BCUT2D eigenvalue weighted by Gasteiger charge is 2.38. The number of amides is 1. The Hall–Kier alpha value is -3.16. The first-order valence-corrected chi connectivity index (χ1v) is 8.23. The number of carbonyl (C=O) groups is 2. The van der Waals surface area contributed by atoms with Crippen LogP contribution in [0, 0.1) is 5.82 Å². The number of benzene rings is 1. The van der Waals surface area contributed by atoms with Gasteiger partial charge in [0.1, 0.15) is 12.0 Å². The zero-order valence-corrected chi connectivity index (χ0v) is 14.1. The number of aromatic nitrogens is 1. The quantitative estimate of drug-likeness (QED) is 0.732. The van der Waals surface area contributed by atoms with E-state index in [2.05, 4.69) is 10.3 Å². The molecule has 26 heavy (non-hydrogen) atoms. The Morgan fingerprint density at radius 3 is 2.62 bits per heavy atom. The number of rotatable bonds is 6. The maximum absolute atomic E-state index is 13.3. The van der Waals surface area contributed by atoms with Gasteiger partial charge in [-0.15, -0.1) is 0 Å². The van der Waals surface area contributed by atoms with Crippen LogP contribution in [0.15, 0.2) is 36.5 Å². The van der Waals surface area contributed by atoms with Gasteiger partial charge >= 0.3 is 5.97 Å². The van der Waals surface area contributed by atoms with Crippen molar-refractivity contribution in [1.29, 1.82) is 0 Å². The summed E-state index contributed by atoms with van der Waals surface area (Å²) in [7, 11) is 0. The summed E-state index contributed by atoms with van der Waals surface area (Å²) < 4.78 is 13.3. The zero-order valence-electron chi connectivity index (χ0n) is 14.1. The molecule has 7 nitrogen and oxygen atoms in total. The number of carboxylic acids is 1. The molecule has 4 N–H and O–H groups in total. The van der Waals surface area contributed by atoms with E-state index in [1.165, 1.54) is 24.4 Å². The number of hydrogen-bond donors (Lipinski definition) is 3. The number of carboxylic acid groups (broad SMARTS) is 1. The maximum Gasteiger partial charge on any atom is 0.338 e. The van der Waals surface area contributed by atoms with Crippen molar-refractivity contribution in [3.05, 3.63) is 53.5 Å². The van der Waals surface area contributed by atoms with Crippen molar-refractivity contribution in [2.24, 2.45) is 5.73 Å². The van der Waals surface area contributed by atoms with Crippen LogP contribution in [0.5, 0.6) is 0 Å². The Labute approximate surface area is 149 Å². The molecule has 0 bridgehead atoms. The predicted molar refractivity (Wildman–Crippen MR) is 94.3 cm³/mol. The first kappa shape index (κ1) is 17.7. The summed E-state index contributed by atoms with van der Waals surface area (Å²) in [4.78, 5) is 29.3. The average Bonchev–Trinajstić information content (AvgIpc) is 2.99. The third-order valence-corrected chi connectivity index (χ3v) is 4.45. The van der Waals surface area contributed by atoms with Crippen molar-refractivity contribution in [1.82, 2.24) is 4.98 Å². The van der Waals surface area contributed by atoms with Gasteiger partial charge in [-0.05, 0) is 30.2 Å². The molecule has 0 saturated carbocycles. The molecule has 0 aliphatic carbocycles. The minimum absolute atomic E-state index is 0.0588. The van der Waals surface area contributed by atoms with Crippen molar-refractivity contribution in [3.8, 4) is 0 Å². The second kappa shape index (κ2) is 6.99. The summed E-state index contributed by atoms with van der Waals surface area (Å²) in [6.07, 6.45) is 1.55. The van der Waals surface area contributed by atoms with E-state index in [1.54, 1.807) is 12.1 Å². The number of nitrogens with one attached hydrogen (secondary N) is 1. The van der Waals surface area contributed by atoms with Crippen molar-refractivity contribution >= 4 is 23.4 Å². The first-order valence-electron chi connectivity index (χ1n) is 8.23. The summed E-state index contributed by atoms with van der Waals surface area (Å²) >= 11 is 0. The topological polar surface area (TPSA) is 109 Å². The summed E-state index contributed by atoms with van der Waals surface area (Å²) in [6.45, 7) is 1.89. The number of pyridine rings is 1. The molecule has 1 aromatic carbocycles. The number of anilines is 2. The van der Waals surface area contributed by atoms with E-state index in [-0.39, 0.29) is 23.8 Å². The molecule has 1 aromatic heterocycles. The lowest BCUT2D eigenvalue weighted by atomic mass is 10.0. The van der Waals surface area contributed by atoms with Gasteiger partial charge in [0.25, 0.3) is 0 Å². The lowest BCUT2D eigenvalue weighted by molar-refractivity contribution is -0.118. The predicted octanol–water partition coefficient (Wildman–Crippen LogP) is 2.50. The molecular weight excluding hydrogens is 339 g/mol. The number of primary amides is 1. The van der Waals surface area contributed by atoms with Crippen molar-refractivity contribution in [2.45, 2.75) is 32.0 Å². The van der Waals surface area contributed by atoms with E-state index >= 15 is 0 Å². The van der Waals surface area contributed by atoms with E-state index in [4.69, 9.17) is 5.73 Å². The van der Waals surface area contributed by atoms with Gasteiger partial charge in [-0.25, -0.2) is 14.2 Å². The molecule has 8 heteroatoms. The number of nitrogens with zero attached hydrogens (tertiary/aromatic N) is 2. The molecule has 1 aliphatic rings. The van der Waals surface area contributed by atoms with Crippen LogP contribution in [0.25, 0.3) is 0 Å². The second-order valence-electron chi connectivity index (χ2n) is 6.10. The fraction of sp³-hybridized carbons (Fsp3) is 0.278. The zero-order chi connectivity index (χ0) is 18.8. The van der Waals surface area contributed by atoms with Gasteiger partial charge < -0.3 is 21.1 Å². The molecule has 2 unspecified atom stereocenters. The first-order chi connectivity index (χ1) is 12.4. The molecule has 2 atom stereocenters. The van der Waals surface area contributed by atoms with E-state index in [1.807, 2.05) is 11.8 Å². The van der Waals surface area contributed by atoms with Crippen LogP contribution < -0.4 is 16.0 Å². The van der Waals surface area contributed by atoms with Crippen LogP contribution in [0.2, 0.25) is 0 Å². The summed E-state index contributed by atoms with van der Waals surface area (Å²) in [5.74, 6) is -1.54. The van der Waals surface area contributed by atoms with Crippen LogP contribution in [-0.4, -0.2) is 28.0 Å². The number of carbonyl (C=O) groups excluding carboxylic acids is 1. The Kier molecular flexibility index (Phi) is 4.75. The van der Waals surface area contributed by atoms with Crippen LogP contribution in [0.3, 0.4) is 0 Å².